The van der Waals surface area contributed by atoms with E-state index >= 15 is 0 Å². The molecule has 1 unspecified atom stereocenters. The highest BCUT2D eigenvalue weighted by molar-refractivity contribution is 7.98. The third kappa shape index (κ3) is 3.50. The van der Waals surface area contributed by atoms with Crippen molar-refractivity contribution in [3.05, 3.63) is 29.6 Å². The van der Waals surface area contributed by atoms with Crippen LogP contribution >= 0.6 is 23.4 Å². The summed E-state index contributed by atoms with van der Waals surface area (Å²) < 4.78 is 2.32. The number of nitrogens with zero attached hydrogens (tertiary/aromatic N) is 2. The second-order valence-electron chi connectivity index (χ2n) is 5.23. The lowest BCUT2D eigenvalue weighted by molar-refractivity contribution is 0.592. The molecule has 2 aromatic rings. The van der Waals surface area contributed by atoms with Crippen LogP contribution in [0.25, 0.3) is 11.0 Å². The minimum atomic E-state index is -0.0482. The minimum absolute atomic E-state index is 0.0482. The number of fused-ring (bicyclic) bond motifs is 1. The molecule has 0 radical (unpaired) electrons. The van der Waals surface area contributed by atoms with E-state index in [1.165, 1.54) is 36.1 Å². The molecule has 110 valence electrons. The van der Waals surface area contributed by atoms with E-state index in [1.54, 1.807) is 0 Å². The average molecular weight is 311 g/mol. The van der Waals surface area contributed by atoms with Gasteiger partial charge in [0.1, 0.15) is 5.82 Å². The van der Waals surface area contributed by atoms with Gasteiger partial charge in [-0.05, 0) is 50.3 Å². The Balaban J connectivity index is 2.22. The van der Waals surface area contributed by atoms with Crippen molar-refractivity contribution >= 4 is 34.4 Å². The summed E-state index contributed by atoms with van der Waals surface area (Å²) in [6.45, 7) is 5.17. The molecule has 0 fully saturated rings. The van der Waals surface area contributed by atoms with E-state index in [0.717, 1.165) is 17.9 Å². The number of thioether (sulfide) groups is 1. The molecule has 0 aliphatic carbocycles. The molecule has 0 spiro atoms. The van der Waals surface area contributed by atoms with Crippen molar-refractivity contribution in [1.29, 1.82) is 0 Å². The van der Waals surface area contributed by atoms with Gasteiger partial charge in [-0.15, -0.1) is 11.6 Å². The third-order valence-corrected chi connectivity index (χ3v) is 4.48. The first-order valence-electron chi connectivity index (χ1n) is 7.24. The van der Waals surface area contributed by atoms with Crippen LogP contribution in [-0.2, 0) is 6.54 Å². The topological polar surface area (TPSA) is 17.8 Å². The van der Waals surface area contributed by atoms with Crippen molar-refractivity contribution in [2.45, 2.75) is 45.0 Å². The van der Waals surface area contributed by atoms with Gasteiger partial charge >= 0.3 is 0 Å². The zero-order valence-electron chi connectivity index (χ0n) is 12.5. The van der Waals surface area contributed by atoms with E-state index in [9.17, 15) is 0 Å². The molecule has 0 bridgehead atoms. The Morgan fingerprint density at radius 2 is 2.10 bits per heavy atom. The number of aromatic nitrogens is 2. The smallest absolute Gasteiger partial charge is 0.127 e. The van der Waals surface area contributed by atoms with Gasteiger partial charge in [-0.25, -0.2) is 4.98 Å². The number of benzene rings is 1. The van der Waals surface area contributed by atoms with Crippen LogP contribution in [0.1, 0.15) is 43.0 Å². The summed E-state index contributed by atoms with van der Waals surface area (Å²) in [6, 6.07) is 6.29. The molecule has 1 heterocycles. The number of hydrogen-bond acceptors (Lipinski definition) is 2. The predicted molar refractivity (Wildman–Crippen MR) is 91.0 cm³/mol. The summed E-state index contributed by atoms with van der Waals surface area (Å²) >= 11 is 8.23. The van der Waals surface area contributed by atoms with Crippen LogP contribution in [0.5, 0.6) is 0 Å². The van der Waals surface area contributed by atoms with Crippen molar-refractivity contribution in [2.75, 3.05) is 12.0 Å². The number of unbranched alkanes of at least 4 members (excludes halogenated alkanes) is 2. The SMILES string of the molecule is CSCCCCCn1c(C(C)Cl)nc2cccc(C)c21. The van der Waals surface area contributed by atoms with Gasteiger partial charge in [0.25, 0.3) is 0 Å². The Labute approximate surface area is 130 Å². The minimum Gasteiger partial charge on any atom is -0.327 e. The van der Waals surface area contributed by atoms with Crippen LogP contribution in [-0.4, -0.2) is 21.6 Å². The van der Waals surface area contributed by atoms with Gasteiger partial charge in [-0.3, -0.25) is 0 Å². The molecule has 0 aliphatic rings. The average Bonchev–Trinajstić information content (AvgIpc) is 2.79. The van der Waals surface area contributed by atoms with Gasteiger partial charge in [0.2, 0.25) is 0 Å². The number of aryl methyl sites for hydroxylation is 2. The van der Waals surface area contributed by atoms with Gasteiger partial charge in [0.15, 0.2) is 0 Å². The summed E-state index contributed by atoms with van der Waals surface area (Å²) in [6.07, 6.45) is 5.91. The van der Waals surface area contributed by atoms with Crippen molar-refractivity contribution in [3.63, 3.8) is 0 Å². The molecule has 0 amide bonds. The fourth-order valence-corrected chi connectivity index (χ4v) is 3.27. The first-order valence-corrected chi connectivity index (χ1v) is 9.07. The molecule has 4 heteroatoms. The monoisotopic (exact) mass is 310 g/mol. The van der Waals surface area contributed by atoms with Gasteiger partial charge in [-0.1, -0.05) is 18.6 Å². The zero-order valence-corrected chi connectivity index (χ0v) is 14.1. The number of halogens is 1. The Kier molecular flexibility index (Phi) is 5.79. The van der Waals surface area contributed by atoms with Crippen molar-refractivity contribution in [1.82, 2.24) is 9.55 Å². The quantitative estimate of drug-likeness (QED) is 0.518. The first-order chi connectivity index (χ1) is 9.65. The normalized spacial score (nSPS) is 13.0. The maximum atomic E-state index is 6.31. The van der Waals surface area contributed by atoms with Crippen molar-refractivity contribution in [3.8, 4) is 0 Å². The molecule has 0 N–H and O–H groups in total. The highest BCUT2D eigenvalue weighted by Crippen LogP contribution is 2.27. The zero-order chi connectivity index (χ0) is 14.5. The predicted octanol–water partition coefficient (Wildman–Crippen LogP) is 5.18. The van der Waals surface area contributed by atoms with Crippen LogP contribution < -0.4 is 0 Å². The van der Waals surface area contributed by atoms with E-state index in [4.69, 9.17) is 16.6 Å². The molecule has 2 rings (SSSR count). The van der Waals surface area contributed by atoms with Crippen LogP contribution in [0.4, 0.5) is 0 Å². The van der Waals surface area contributed by atoms with Gasteiger partial charge < -0.3 is 4.57 Å². The molecule has 1 aromatic heterocycles. The number of para-hydroxylation sites is 1. The Morgan fingerprint density at radius 1 is 1.30 bits per heavy atom. The number of imidazole rings is 1. The Hall–Kier alpha value is -0.670. The number of hydrogen-bond donors (Lipinski definition) is 0. The first kappa shape index (κ1) is 15.7. The van der Waals surface area contributed by atoms with Crippen LogP contribution in [0.2, 0.25) is 0 Å². The molecular weight excluding hydrogens is 288 g/mol. The lowest BCUT2D eigenvalue weighted by Gasteiger charge is -2.11. The fourth-order valence-electron chi connectivity index (χ4n) is 2.61. The van der Waals surface area contributed by atoms with Crippen molar-refractivity contribution in [2.24, 2.45) is 0 Å². The standard InChI is InChI=1S/C16H23ClN2S/c1-12-8-7-9-14-15(12)19(16(18-14)13(2)17)10-5-4-6-11-20-3/h7-9,13H,4-6,10-11H2,1-3H3. The van der Waals surface area contributed by atoms with Crippen LogP contribution in [0, 0.1) is 6.92 Å². The third-order valence-electron chi connectivity index (χ3n) is 3.58. The highest BCUT2D eigenvalue weighted by Gasteiger charge is 2.15. The molecule has 0 saturated heterocycles. The summed E-state index contributed by atoms with van der Waals surface area (Å²) in [5.74, 6) is 2.25. The van der Waals surface area contributed by atoms with E-state index in [-0.39, 0.29) is 5.38 Å². The molecule has 20 heavy (non-hydrogen) atoms. The van der Waals surface area contributed by atoms with E-state index < -0.39 is 0 Å². The van der Waals surface area contributed by atoms with Crippen molar-refractivity contribution < 1.29 is 0 Å². The lowest BCUT2D eigenvalue weighted by atomic mass is 10.2. The van der Waals surface area contributed by atoms with E-state index in [1.807, 2.05) is 18.7 Å². The molecule has 1 aromatic carbocycles. The Bertz CT molecular complexity index is 563. The molecule has 0 saturated carbocycles. The molecule has 1 atom stereocenters. The molecule has 0 aliphatic heterocycles. The summed E-state index contributed by atoms with van der Waals surface area (Å²) in [5.41, 5.74) is 3.60. The van der Waals surface area contributed by atoms with Crippen LogP contribution in [0.3, 0.4) is 0 Å². The van der Waals surface area contributed by atoms with E-state index in [0.29, 0.717) is 0 Å². The fraction of sp³-hybridized carbons (Fsp3) is 0.562. The summed E-state index contributed by atoms with van der Waals surface area (Å²) in [5, 5.41) is -0.0482. The van der Waals surface area contributed by atoms with Gasteiger partial charge in [0, 0.05) is 6.54 Å². The van der Waals surface area contributed by atoms with Gasteiger partial charge in [0.05, 0.1) is 16.4 Å². The van der Waals surface area contributed by atoms with Crippen LogP contribution in [0.15, 0.2) is 18.2 Å². The largest absolute Gasteiger partial charge is 0.327 e. The maximum Gasteiger partial charge on any atom is 0.127 e. The molecule has 2 nitrogen and oxygen atoms in total. The maximum absolute atomic E-state index is 6.31. The summed E-state index contributed by atoms with van der Waals surface area (Å²) in [4.78, 5) is 4.71. The Morgan fingerprint density at radius 3 is 2.80 bits per heavy atom. The highest BCUT2D eigenvalue weighted by atomic mass is 35.5. The number of alkyl halides is 1. The van der Waals surface area contributed by atoms with E-state index in [2.05, 4.69) is 35.9 Å². The van der Waals surface area contributed by atoms with Gasteiger partial charge in [-0.2, -0.15) is 11.8 Å². The lowest BCUT2D eigenvalue weighted by Crippen LogP contribution is -2.05. The second kappa shape index (κ2) is 7.37. The number of rotatable bonds is 7. The second-order valence-corrected chi connectivity index (χ2v) is 6.87. The molecular formula is C16H23ClN2S. The summed E-state index contributed by atoms with van der Waals surface area (Å²) in [7, 11) is 0.